The summed E-state index contributed by atoms with van der Waals surface area (Å²) in [6.45, 7) is 8.95. The zero-order valence-corrected chi connectivity index (χ0v) is 15.0. The van der Waals surface area contributed by atoms with Crippen LogP contribution in [0.5, 0.6) is 0 Å². The highest BCUT2D eigenvalue weighted by molar-refractivity contribution is 5.78. The van der Waals surface area contributed by atoms with Crippen molar-refractivity contribution in [2.45, 2.75) is 40.5 Å². The summed E-state index contributed by atoms with van der Waals surface area (Å²) < 4.78 is 0. The van der Waals surface area contributed by atoms with E-state index < -0.39 is 0 Å². The fraction of sp³-hybridized carbons (Fsp3) is 0.250. The summed E-state index contributed by atoms with van der Waals surface area (Å²) in [4.78, 5) is 0. The number of aryl methyl sites for hydroxylation is 3. The largest absolute Gasteiger partial charge is 0.0619 e. The molecule has 24 heavy (non-hydrogen) atoms. The second kappa shape index (κ2) is 5.63. The summed E-state index contributed by atoms with van der Waals surface area (Å²) in [7, 11) is 0. The lowest BCUT2D eigenvalue weighted by atomic mass is 9.89. The van der Waals surface area contributed by atoms with Crippen molar-refractivity contribution in [2.75, 3.05) is 0 Å². The minimum atomic E-state index is 1.04. The highest BCUT2D eigenvalue weighted by Crippen LogP contribution is 2.40. The van der Waals surface area contributed by atoms with E-state index in [9.17, 15) is 0 Å². The van der Waals surface area contributed by atoms with Crippen LogP contribution in [0, 0.1) is 27.7 Å². The van der Waals surface area contributed by atoms with Crippen molar-refractivity contribution in [3.63, 3.8) is 0 Å². The Morgan fingerprint density at radius 2 is 1.58 bits per heavy atom. The van der Waals surface area contributed by atoms with Gasteiger partial charge in [-0.05, 0) is 90.6 Å². The van der Waals surface area contributed by atoms with Crippen molar-refractivity contribution < 1.29 is 0 Å². The summed E-state index contributed by atoms with van der Waals surface area (Å²) in [5.41, 5.74) is 14.5. The van der Waals surface area contributed by atoms with Crippen molar-refractivity contribution in [1.29, 1.82) is 0 Å². The summed E-state index contributed by atoms with van der Waals surface area (Å²) in [6.07, 6.45) is 2.11. The predicted octanol–water partition coefficient (Wildman–Crippen LogP) is 6.08. The molecule has 0 nitrogen and oxygen atoms in total. The van der Waals surface area contributed by atoms with E-state index in [4.69, 9.17) is 0 Å². The van der Waals surface area contributed by atoms with Crippen molar-refractivity contribution in [2.24, 2.45) is 0 Å². The van der Waals surface area contributed by atoms with Crippen LogP contribution in [-0.4, -0.2) is 0 Å². The van der Waals surface area contributed by atoms with Gasteiger partial charge in [-0.2, -0.15) is 0 Å². The Balaban J connectivity index is 1.84. The molecular formula is C24H24. The maximum atomic E-state index is 2.36. The van der Waals surface area contributed by atoms with Crippen molar-refractivity contribution >= 4 is 0 Å². The van der Waals surface area contributed by atoms with E-state index in [0.717, 1.165) is 12.8 Å². The zero-order chi connectivity index (χ0) is 16.8. The molecule has 3 aromatic carbocycles. The van der Waals surface area contributed by atoms with Gasteiger partial charge >= 0.3 is 0 Å². The first-order chi connectivity index (χ1) is 11.5. The number of fused-ring (bicyclic) bond motifs is 3. The van der Waals surface area contributed by atoms with Crippen LogP contribution in [-0.2, 0) is 12.8 Å². The molecule has 4 rings (SSSR count). The molecule has 0 bridgehead atoms. The van der Waals surface area contributed by atoms with Gasteiger partial charge in [-0.3, -0.25) is 0 Å². The van der Waals surface area contributed by atoms with Crippen molar-refractivity contribution in [3.8, 4) is 11.1 Å². The molecule has 0 aliphatic heterocycles. The van der Waals surface area contributed by atoms with Crippen LogP contribution >= 0.6 is 0 Å². The zero-order valence-electron chi connectivity index (χ0n) is 15.0. The van der Waals surface area contributed by atoms with Gasteiger partial charge in [-0.1, -0.05) is 54.1 Å². The normalized spacial score (nSPS) is 12.2. The van der Waals surface area contributed by atoms with Gasteiger partial charge in [0.15, 0.2) is 0 Å². The molecule has 0 radical (unpaired) electrons. The monoisotopic (exact) mass is 312 g/mol. The Morgan fingerprint density at radius 3 is 2.42 bits per heavy atom. The molecule has 0 unspecified atom stereocenters. The van der Waals surface area contributed by atoms with Gasteiger partial charge < -0.3 is 0 Å². The van der Waals surface area contributed by atoms with Crippen LogP contribution in [0.2, 0.25) is 0 Å². The molecule has 0 amide bonds. The molecule has 0 atom stereocenters. The lowest BCUT2D eigenvalue weighted by Gasteiger charge is -2.16. The first-order valence-electron chi connectivity index (χ1n) is 8.81. The lowest BCUT2D eigenvalue weighted by Crippen LogP contribution is -2.01. The van der Waals surface area contributed by atoms with Crippen LogP contribution in [0.4, 0.5) is 0 Å². The second-order valence-corrected chi connectivity index (χ2v) is 7.26. The SMILES string of the molecule is Cc1cc(C)c(C)c(Cc2c(C)ccc3c2Cc2ccccc2-3)c1. The topological polar surface area (TPSA) is 0 Å². The summed E-state index contributed by atoms with van der Waals surface area (Å²) in [5, 5.41) is 0. The second-order valence-electron chi connectivity index (χ2n) is 7.26. The van der Waals surface area contributed by atoms with Gasteiger partial charge in [-0.15, -0.1) is 0 Å². The van der Waals surface area contributed by atoms with Crippen molar-refractivity contribution in [3.05, 3.63) is 93.0 Å². The third kappa shape index (κ3) is 2.38. The Bertz CT molecular complexity index is 944. The van der Waals surface area contributed by atoms with Gasteiger partial charge in [-0.25, -0.2) is 0 Å². The molecular weight excluding hydrogens is 288 g/mol. The smallest absolute Gasteiger partial charge is 0.00105 e. The molecule has 1 aliphatic carbocycles. The van der Waals surface area contributed by atoms with E-state index >= 15 is 0 Å². The van der Waals surface area contributed by atoms with Crippen LogP contribution in [0.15, 0.2) is 48.5 Å². The third-order valence-electron chi connectivity index (χ3n) is 5.63. The Kier molecular flexibility index (Phi) is 3.57. The predicted molar refractivity (Wildman–Crippen MR) is 103 cm³/mol. The third-order valence-corrected chi connectivity index (χ3v) is 5.63. The Hall–Kier alpha value is -2.34. The number of benzene rings is 3. The molecule has 0 aromatic heterocycles. The van der Waals surface area contributed by atoms with Crippen molar-refractivity contribution in [1.82, 2.24) is 0 Å². The van der Waals surface area contributed by atoms with E-state index in [1.807, 2.05) is 0 Å². The minimum absolute atomic E-state index is 1.04. The summed E-state index contributed by atoms with van der Waals surface area (Å²) in [6, 6.07) is 18.1. The summed E-state index contributed by atoms with van der Waals surface area (Å²) >= 11 is 0. The summed E-state index contributed by atoms with van der Waals surface area (Å²) in [5.74, 6) is 0. The molecule has 0 N–H and O–H groups in total. The Labute approximate surface area is 145 Å². The van der Waals surface area contributed by atoms with E-state index in [0.29, 0.717) is 0 Å². The van der Waals surface area contributed by atoms with Crippen LogP contribution in [0.3, 0.4) is 0 Å². The quantitative estimate of drug-likeness (QED) is 0.420. The molecule has 120 valence electrons. The number of hydrogen-bond donors (Lipinski definition) is 0. The van der Waals surface area contributed by atoms with Crippen LogP contribution in [0.25, 0.3) is 11.1 Å². The van der Waals surface area contributed by atoms with Gasteiger partial charge in [0.25, 0.3) is 0 Å². The van der Waals surface area contributed by atoms with Gasteiger partial charge in [0.2, 0.25) is 0 Å². The fourth-order valence-corrected chi connectivity index (χ4v) is 4.14. The molecule has 0 saturated carbocycles. The first kappa shape index (κ1) is 15.2. The van der Waals surface area contributed by atoms with Gasteiger partial charge in [0, 0.05) is 0 Å². The highest BCUT2D eigenvalue weighted by Gasteiger charge is 2.22. The molecule has 0 saturated heterocycles. The minimum Gasteiger partial charge on any atom is -0.0619 e. The van der Waals surface area contributed by atoms with E-state index in [-0.39, 0.29) is 0 Å². The lowest BCUT2D eigenvalue weighted by molar-refractivity contribution is 1.07. The highest BCUT2D eigenvalue weighted by atomic mass is 14.3. The van der Waals surface area contributed by atoms with E-state index in [1.54, 1.807) is 0 Å². The number of hydrogen-bond acceptors (Lipinski definition) is 0. The van der Waals surface area contributed by atoms with Gasteiger partial charge in [0.1, 0.15) is 0 Å². The molecule has 3 aromatic rings. The maximum absolute atomic E-state index is 2.36. The van der Waals surface area contributed by atoms with E-state index in [1.165, 1.54) is 55.6 Å². The van der Waals surface area contributed by atoms with E-state index in [2.05, 4.69) is 76.2 Å². The molecule has 0 spiro atoms. The molecule has 0 heteroatoms. The van der Waals surface area contributed by atoms with Crippen LogP contribution < -0.4 is 0 Å². The van der Waals surface area contributed by atoms with Crippen LogP contribution in [0.1, 0.15) is 44.5 Å². The molecule has 1 aliphatic rings. The Morgan fingerprint density at radius 1 is 0.792 bits per heavy atom. The fourth-order valence-electron chi connectivity index (χ4n) is 4.14. The molecule has 0 heterocycles. The molecule has 0 fully saturated rings. The van der Waals surface area contributed by atoms with Gasteiger partial charge in [0.05, 0.1) is 0 Å². The standard InChI is InChI=1S/C24H24/c1-15-11-17(3)18(4)20(12-15)14-23-16(2)9-10-22-21-8-6-5-7-19(21)13-24(22)23/h5-12H,13-14H2,1-4H3. The number of rotatable bonds is 2. The average molecular weight is 312 g/mol. The first-order valence-corrected chi connectivity index (χ1v) is 8.81. The maximum Gasteiger partial charge on any atom is -0.00105 e. The average Bonchev–Trinajstić information content (AvgIpc) is 2.93.